The topological polar surface area (TPSA) is 37.3 Å². The molecule has 0 rings (SSSR count). The van der Waals surface area contributed by atoms with Gasteiger partial charge in [0.1, 0.15) is 0 Å². The number of aliphatic carboxylic acids is 1. The molecule has 60 valence electrons. The molecule has 0 amide bonds. The van der Waals surface area contributed by atoms with E-state index in [1.807, 2.05) is 13.8 Å². The van der Waals surface area contributed by atoms with Gasteiger partial charge in [-0.2, -0.15) is 0 Å². The molecule has 0 spiro atoms. The minimum Gasteiger partial charge on any atom is -0.481 e. The van der Waals surface area contributed by atoms with Crippen LogP contribution in [0.4, 0.5) is 0 Å². The number of carboxylic acids is 1. The maximum Gasteiger partial charge on any atom is 0.310 e. The summed E-state index contributed by atoms with van der Waals surface area (Å²) in [5.74, 6) is -0.583. The van der Waals surface area contributed by atoms with Gasteiger partial charge in [-0.15, -0.1) is 11.6 Å². The molecule has 10 heavy (non-hydrogen) atoms. The molecule has 0 saturated carbocycles. The lowest BCUT2D eigenvalue weighted by Gasteiger charge is -2.25. The minimum atomic E-state index is -0.822. The molecule has 1 N–H and O–H groups in total. The van der Waals surface area contributed by atoms with Crippen LogP contribution >= 0.6 is 11.6 Å². The molecule has 1 unspecified atom stereocenters. The van der Waals surface area contributed by atoms with Crippen molar-refractivity contribution in [3.8, 4) is 0 Å². The van der Waals surface area contributed by atoms with Gasteiger partial charge in [0.05, 0.1) is 5.41 Å². The first-order valence-corrected chi connectivity index (χ1v) is 3.78. The molecule has 0 heterocycles. The highest BCUT2D eigenvalue weighted by atomic mass is 35.5. The Hall–Kier alpha value is -0.240. The standard InChI is InChI=1S/C7H13ClO2/c1-5(2)7(3,4-8)6(9)10/h5H,4H2,1-3H3,(H,9,10). The third-order valence-corrected chi connectivity index (χ3v) is 2.60. The molecule has 0 fully saturated rings. The first-order chi connectivity index (χ1) is 4.45. The number of carbonyl (C=O) groups is 1. The van der Waals surface area contributed by atoms with Crippen LogP contribution in [-0.4, -0.2) is 17.0 Å². The van der Waals surface area contributed by atoms with E-state index in [9.17, 15) is 4.79 Å². The lowest BCUT2D eigenvalue weighted by molar-refractivity contribution is -0.149. The van der Waals surface area contributed by atoms with Crippen molar-refractivity contribution < 1.29 is 9.90 Å². The molecule has 2 nitrogen and oxygen atoms in total. The van der Waals surface area contributed by atoms with E-state index in [2.05, 4.69) is 0 Å². The van der Waals surface area contributed by atoms with Crippen molar-refractivity contribution in [2.45, 2.75) is 20.8 Å². The van der Waals surface area contributed by atoms with Crippen molar-refractivity contribution in [3.63, 3.8) is 0 Å². The summed E-state index contributed by atoms with van der Waals surface area (Å²) >= 11 is 5.52. The van der Waals surface area contributed by atoms with Gasteiger partial charge in [-0.1, -0.05) is 13.8 Å². The molecule has 0 bridgehead atoms. The predicted molar refractivity (Wildman–Crippen MR) is 41.3 cm³/mol. The van der Waals surface area contributed by atoms with Gasteiger partial charge in [-0.25, -0.2) is 0 Å². The van der Waals surface area contributed by atoms with E-state index in [0.29, 0.717) is 0 Å². The SMILES string of the molecule is CC(C)C(C)(CCl)C(=O)O. The maximum absolute atomic E-state index is 10.6. The van der Waals surface area contributed by atoms with Gasteiger partial charge >= 0.3 is 5.97 Å². The van der Waals surface area contributed by atoms with Crippen LogP contribution in [0, 0.1) is 11.3 Å². The average molecular weight is 165 g/mol. The summed E-state index contributed by atoms with van der Waals surface area (Å²) in [6.45, 7) is 5.38. The lowest BCUT2D eigenvalue weighted by Crippen LogP contribution is -2.34. The third-order valence-electron chi connectivity index (χ3n) is 2.04. The number of carboxylic acid groups (broad SMARTS) is 1. The van der Waals surface area contributed by atoms with E-state index < -0.39 is 11.4 Å². The molecule has 0 radical (unpaired) electrons. The smallest absolute Gasteiger partial charge is 0.310 e. The van der Waals surface area contributed by atoms with Crippen molar-refractivity contribution in [1.29, 1.82) is 0 Å². The highest BCUT2D eigenvalue weighted by Crippen LogP contribution is 2.28. The van der Waals surface area contributed by atoms with Gasteiger partial charge in [0.25, 0.3) is 0 Å². The van der Waals surface area contributed by atoms with Gasteiger partial charge in [0.2, 0.25) is 0 Å². The van der Waals surface area contributed by atoms with Crippen molar-refractivity contribution in [3.05, 3.63) is 0 Å². The summed E-state index contributed by atoms with van der Waals surface area (Å²) in [5.41, 5.74) is -0.776. The van der Waals surface area contributed by atoms with Crippen LogP contribution in [0.5, 0.6) is 0 Å². The highest BCUT2D eigenvalue weighted by Gasteiger charge is 2.35. The van der Waals surface area contributed by atoms with Crippen LogP contribution in [0.15, 0.2) is 0 Å². The first-order valence-electron chi connectivity index (χ1n) is 3.24. The summed E-state index contributed by atoms with van der Waals surface area (Å²) in [4.78, 5) is 10.6. The monoisotopic (exact) mass is 164 g/mol. The zero-order valence-electron chi connectivity index (χ0n) is 6.52. The molecular formula is C7H13ClO2. The maximum atomic E-state index is 10.6. The van der Waals surface area contributed by atoms with Gasteiger partial charge in [0, 0.05) is 5.88 Å². The predicted octanol–water partition coefficient (Wildman–Crippen LogP) is 1.97. The fourth-order valence-electron chi connectivity index (χ4n) is 0.458. The molecular weight excluding hydrogens is 152 g/mol. The van der Waals surface area contributed by atoms with Crippen LogP contribution in [0.3, 0.4) is 0 Å². The molecule has 0 aliphatic rings. The number of alkyl halides is 1. The molecule has 0 aromatic carbocycles. The van der Waals surface area contributed by atoms with Crippen LogP contribution < -0.4 is 0 Å². The Kier molecular flexibility index (Phi) is 3.16. The first kappa shape index (κ1) is 9.76. The molecule has 0 saturated heterocycles. The number of hydrogen-bond acceptors (Lipinski definition) is 1. The van der Waals surface area contributed by atoms with Gasteiger partial charge < -0.3 is 5.11 Å². The summed E-state index contributed by atoms with van der Waals surface area (Å²) in [7, 11) is 0. The van der Waals surface area contributed by atoms with E-state index in [1.165, 1.54) is 0 Å². The second-order valence-corrected chi connectivity index (χ2v) is 3.28. The Morgan fingerprint density at radius 2 is 2.10 bits per heavy atom. The fourth-order valence-corrected chi connectivity index (χ4v) is 0.881. The molecule has 1 atom stereocenters. The molecule has 0 aromatic heterocycles. The van der Waals surface area contributed by atoms with Crippen molar-refractivity contribution in [1.82, 2.24) is 0 Å². The van der Waals surface area contributed by atoms with Gasteiger partial charge in [-0.3, -0.25) is 4.79 Å². The third kappa shape index (κ3) is 1.63. The lowest BCUT2D eigenvalue weighted by atomic mass is 9.81. The van der Waals surface area contributed by atoms with Crippen LogP contribution in [0.2, 0.25) is 0 Å². The van der Waals surface area contributed by atoms with Crippen LogP contribution in [0.1, 0.15) is 20.8 Å². The second-order valence-electron chi connectivity index (χ2n) is 3.01. The largest absolute Gasteiger partial charge is 0.481 e. The van der Waals surface area contributed by atoms with E-state index in [4.69, 9.17) is 16.7 Å². The van der Waals surface area contributed by atoms with Crippen LogP contribution in [0.25, 0.3) is 0 Å². The molecule has 3 heteroatoms. The Morgan fingerprint density at radius 3 is 2.10 bits per heavy atom. The van der Waals surface area contributed by atoms with E-state index >= 15 is 0 Å². The Labute approximate surface area is 66.2 Å². The summed E-state index contributed by atoms with van der Waals surface area (Å²) < 4.78 is 0. The van der Waals surface area contributed by atoms with Crippen molar-refractivity contribution in [2.75, 3.05) is 5.88 Å². The zero-order chi connectivity index (χ0) is 8.36. The summed E-state index contributed by atoms with van der Waals surface area (Å²) in [5, 5.41) is 8.72. The zero-order valence-corrected chi connectivity index (χ0v) is 7.27. The number of rotatable bonds is 3. The van der Waals surface area contributed by atoms with Gasteiger partial charge in [0.15, 0.2) is 0 Å². The van der Waals surface area contributed by atoms with Crippen molar-refractivity contribution in [2.24, 2.45) is 11.3 Å². The molecule has 0 aliphatic carbocycles. The average Bonchev–Trinajstić information content (AvgIpc) is 1.85. The number of hydrogen-bond donors (Lipinski definition) is 1. The van der Waals surface area contributed by atoms with E-state index in [0.717, 1.165) is 0 Å². The minimum absolute atomic E-state index is 0.0718. The Morgan fingerprint density at radius 1 is 1.70 bits per heavy atom. The quantitative estimate of drug-likeness (QED) is 0.648. The van der Waals surface area contributed by atoms with E-state index in [-0.39, 0.29) is 11.8 Å². The Bertz CT molecular complexity index is 134. The summed E-state index contributed by atoms with van der Waals surface area (Å²) in [6, 6.07) is 0. The van der Waals surface area contributed by atoms with Gasteiger partial charge in [-0.05, 0) is 12.8 Å². The fraction of sp³-hybridized carbons (Fsp3) is 0.857. The second kappa shape index (κ2) is 3.24. The van der Waals surface area contributed by atoms with Crippen molar-refractivity contribution >= 4 is 17.6 Å². The normalized spacial score (nSPS) is 16.9. The van der Waals surface area contributed by atoms with Crippen LogP contribution in [-0.2, 0) is 4.79 Å². The van der Waals surface area contributed by atoms with E-state index in [1.54, 1.807) is 6.92 Å². The molecule has 0 aliphatic heterocycles. The summed E-state index contributed by atoms with van der Waals surface area (Å²) in [6.07, 6.45) is 0. The highest BCUT2D eigenvalue weighted by molar-refractivity contribution is 6.19. The number of halogens is 1. The molecule has 0 aromatic rings. The Balaban J connectivity index is 4.38.